The molecule has 0 aromatic heterocycles. The van der Waals surface area contributed by atoms with Crippen molar-refractivity contribution in [3.63, 3.8) is 0 Å². The zero-order chi connectivity index (χ0) is 63.3. The van der Waals surface area contributed by atoms with E-state index in [0.717, 1.165) is 0 Å². The SMILES string of the molecule is CC(=O)CCC(=O)Oc1ccccc1C(OC(c1ccccc1OC(=O)CCC(C)=O)(c1ccccc1OC(=O)CCC(C)=O)c1ccccc1OC(=O)CCC(C)=O)(c1ccccc1OC(=O)CCC(C)=O)c1ccccc1OC(=O)CCC(C)=O. The molecule has 452 valence electrons. The van der Waals surface area contributed by atoms with Crippen LogP contribution < -0.4 is 28.4 Å². The maximum atomic E-state index is 14.2. The Morgan fingerprint density at radius 2 is 0.368 bits per heavy atom. The molecular weight excluding hydrogens is 1120 g/mol. The molecule has 0 aliphatic heterocycles. The fourth-order valence-corrected chi connectivity index (χ4v) is 9.22. The normalized spacial score (nSPS) is 11.1. The molecule has 0 unspecified atom stereocenters. The Bertz CT molecular complexity index is 2990. The Morgan fingerprint density at radius 3 is 0.506 bits per heavy atom. The predicted octanol–water partition coefficient (Wildman–Crippen LogP) is 10.6. The van der Waals surface area contributed by atoms with Gasteiger partial charge in [-0.2, -0.15) is 0 Å². The lowest BCUT2D eigenvalue weighted by molar-refractivity contribution is -0.136. The molecular formula is C68H66O19. The second kappa shape index (κ2) is 31.3. The van der Waals surface area contributed by atoms with Gasteiger partial charge in [0.1, 0.15) is 69.2 Å². The van der Waals surface area contributed by atoms with Gasteiger partial charge in [0, 0.05) is 71.9 Å². The molecule has 6 aromatic carbocycles. The second-order valence-corrected chi connectivity index (χ2v) is 20.5. The van der Waals surface area contributed by atoms with Crippen LogP contribution in [0.25, 0.3) is 0 Å². The van der Waals surface area contributed by atoms with E-state index in [4.69, 9.17) is 33.2 Å². The highest BCUT2D eigenvalue weighted by Gasteiger charge is 2.56. The highest BCUT2D eigenvalue weighted by Crippen LogP contribution is 2.60. The Balaban J connectivity index is 1.98. The number of carbonyl (C=O) groups is 12. The van der Waals surface area contributed by atoms with Crippen molar-refractivity contribution in [3.05, 3.63) is 179 Å². The first kappa shape index (κ1) is 66.3. The van der Waals surface area contributed by atoms with Crippen LogP contribution >= 0.6 is 0 Å². The Morgan fingerprint density at radius 1 is 0.230 bits per heavy atom. The first-order valence-corrected chi connectivity index (χ1v) is 28.0. The molecule has 6 aromatic rings. The molecule has 0 spiro atoms. The van der Waals surface area contributed by atoms with Gasteiger partial charge in [0.05, 0.1) is 38.5 Å². The van der Waals surface area contributed by atoms with Crippen LogP contribution in [0.4, 0.5) is 0 Å². The summed E-state index contributed by atoms with van der Waals surface area (Å²) in [6.45, 7) is 7.74. The maximum Gasteiger partial charge on any atom is 0.311 e. The van der Waals surface area contributed by atoms with Crippen molar-refractivity contribution in [1.29, 1.82) is 0 Å². The first-order chi connectivity index (χ1) is 41.5. The first-order valence-electron chi connectivity index (χ1n) is 28.0. The molecule has 0 N–H and O–H groups in total. The summed E-state index contributed by atoms with van der Waals surface area (Å²) in [5.74, 6) is -9.27. The van der Waals surface area contributed by atoms with Gasteiger partial charge in [0.2, 0.25) is 0 Å². The molecule has 0 radical (unpaired) electrons. The fraction of sp³-hybridized carbons (Fsp3) is 0.294. The third kappa shape index (κ3) is 18.1. The topological polar surface area (TPSA) is 269 Å². The average Bonchev–Trinajstić information content (AvgIpc) is 0.708. The van der Waals surface area contributed by atoms with Gasteiger partial charge in [0.15, 0.2) is 11.2 Å². The third-order valence-corrected chi connectivity index (χ3v) is 13.3. The average molecular weight is 1190 g/mol. The van der Waals surface area contributed by atoms with E-state index in [1.165, 1.54) is 187 Å². The van der Waals surface area contributed by atoms with Gasteiger partial charge in [-0.1, -0.05) is 109 Å². The van der Waals surface area contributed by atoms with Gasteiger partial charge >= 0.3 is 35.8 Å². The van der Waals surface area contributed by atoms with Crippen LogP contribution in [0.2, 0.25) is 0 Å². The summed E-state index contributed by atoms with van der Waals surface area (Å²) in [6, 6.07) is 35.4. The predicted molar refractivity (Wildman–Crippen MR) is 313 cm³/mol. The highest BCUT2D eigenvalue weighted by molar-refractivity contribution is 5.87. The lowest BCUT2D eigenvalue weighted by Gasteiger charge is -2.47. The van der Waals surface area contributed by atoms with E-state index >= 15 is 0 Å². The summed E-state index contributed by atoms with van der Waals surface area (Å²) in [5, 5.41) is 0. The quantitative estimate of drug-likeness (QED) is 0.0216. The van der Waals surface area contributed by atoms with Gasteiger partial charge in [-0.25, -0.2) is 0 Å². The van der Waals surface area contributed by atoms with Gasteiger partial charge in [-0.05, 0) is 77.9 Å². The van der Waals surface area contributed by atoms with Crippen LogP contribution in [0, 0.1) is 0 Å². The van der Waals surface area contributed by atoms with Crippen LogP contribution in [0.1, 0.15) is 152 Å². The molecule has 0 saturated carbocycles. The molecule has 0 aliphatic carbocycles. The van der Waals surface area contributed by atoms with Crippen LogP contribution in [0.5, 0.6) is 34.5 Å². The van der Waals surface area contributed by atoms with Crippen LogP contribution in [0.15, 0.2) is 146 Å². The zero-order valence-electron chi connectivity index (χ0n) is 49.1. The Labute approximate surface area is 502 Å². The van der Waals surface area contributed by atoms with E-state index in [2.05, 4.69) is 0 Å². The summed E-state index contributed by atoms with van der Waals surface area (Å²) < 4.78 is 46.0. The van der Waals surface area contributed by atoms with Crippen LogP contribution in [-0.2, 0) is 73.5 Å². The van der Waals surface area contributed by atoms with E-state index in [9.17, 15) is 57.5 Å². The standard InChI is InChI=1S/C68H66O19/c1-43(69)31-37-61(75)81-55-25-13-7-19-49(55)67(50-20-8-14-26-56(50)82-62(76)38-32-44(2)70,51-21-9-15-27-57(51)83-63(77)39-33-45(3)71)87-68(52-22-10-16-28-58(52)84-64(78)40-34-46(4)72,53-23-11-17-29-59(53)85-65(79)41-35-47(5)73)54-24-12-18-30-60(54)86-66(80)42-36-48(6)74/h7-30H,31-42H2,1-6H3. The van der Waals surface area contributed by atoms with Crippen LogP contribution in [0.3, 0.4) is 0 Å². The number of carbonyl (C=O) groups excluding carboxylic acids is 12. The van der Waals surface area contributed by atoms with E-state index < -0.39 is 85.5 Å². The van der Waals surface area contributed by atoms with Gasteiger partial charge in [-0.3, -0.25) is 28.8 Å². The van der Waals surface area contributed by atoms with E-state index in [1.54, 1.807) is 0 Å². The number of ether oxygens (including phenoxy) is 7. The number of ketones is 6. The molecule has 0 heterocycles. The molecule has 6 rings (SSSR count). The molecule has 0 aliphatic rings. The van der Waals surface area contributed by atoms with Gasteiger partial charge in [-0.15, -0.1) is 0 Å². The van der Waals surface area contributed by atoms with Gasteiger partial charge < -0.3 is 61.9 Å². The molecule has 19 nitrogen and oxygen atoms in total. The van der Waals surface area contributed by atoms with E-state index in [0.29, 0.717) is 0 Å². The summed E-state index contributed by atoms with van der Waals surface area (Å²) in [7, 11) is 0. The highest BCUT2D eigenvalue weighted by atomic mass is 16.6. The van der Waals surface area contributed by atoms with Crippen molar-refractivity contribution in [3.8, 4) is 34.5 Å². The minimum atomic E-state index is -2.70. The number of para-hydroxylation sites is 6. The minimum Gasteiger partial charge on any atom is -0.426 e. The van der Waals surface area contributed by atoms with Crippen LogP contribution in [-0.4, -0.2) is 70.5 Å². The van der Waals surface area contributed by atoms with Crippen molar-refractivity contribution >= 4 is 70.5 Å². The third-order valence-electron chi connectivity index (χ3n) is 13.3. The zero-order valence-corrected chi connectivity index (χ0v) is 49.1. The molecule has 0 saturated heterocycles. The monoisotopic (exact) mass is 1190 g/mol. The molecule has 87 heavy (non-hydrogen) atoms. The van der Waals surface area contributed by atoms with Crippen molar-refractivity contribution in [1.82, 2.24) is 0 Å². The smallest absolute Gasteiger partial charge is 0.311 e. The molecule has 0 bridgehead atoms. The largest absolute Gasteiger partial charge is 0.426 e. The molecule has 0 amide bonds. The summed E-state index contributed by atoms with van der Waals surface area (Å²) >= 11 is 0. The summed E-state index contributed by atoms with van der Waals surface area (Å²) in [6.07, 6.45) is -4.01. The van der Waals surface area contributed by atoms with Crippen molar-refractivity contribution < 1.29 is 90.7 Å². The lowest BCUT2D eigenvalue weighted by Crippen LogP contribution is -2.46. The number of hydrogen-bond donors (Lipinski definition) is 0. The number of rotatable bonds is 32. The minimum absolute atomic E-state index is 0.159. The van der Waals surface area contributed by atoms with E-state index in [-0.39, 0.29) is 141 Å². The molecule has 0 atom stereocenters. The number of benzene rings is 6. The summed E-state index contributed by atoms with van der Waals surface area (Å²) in [4.78, 5) is 159. The number of hydrogen-bond acceptors (Lipinski definition) is 19. The molecule has 0 fully saturated rings. The second-order valence-electron chi connectivity index (χ2n) is 20.5. The molecule has 19 heteroatoms. The van der Waals surface area contributed by atoms with E-state index in [1.807, 2.05) is 0 Å². The lowest BCUT2D eigenvalue weighted by atomic mass is 9.74. The van der Waals surface area contributed by atoms with Gasteiger partial charge in [0.25, 0.3) is 0 Å². The Hall–Kier alpha value is -9.88. The Kier molecular flexibility index (Phi) is 23.9. The summed E-state index contributed by atoms with van der Waals surface area (Å²) in [5.41, 5.74) is -6.35. The van der Waals surface area contributed by atoms with Crippen molar-refractivity contribution in [2.24, 2.45) is 0 Å². The van der Waals surface area contributed by atoms with Crippen molar-refractivity contribution in [2.75, 3.05) is 0 Å². The fourth-order valence-electron chi connectivity index (χ4n) is 9.22. The maximum absolute atomic E-state index is 14.2. The van der Waals surface area contributed by atoms with Crippen molar-refractivity contribution in [2.45, 2.75) is 130 Å². The number of esters is 6. The number of Topliss-reactive ketones (excluding diaryl/α,β-unsaturated/α-hetero) is 6.